The first-order chi connectivity index (χ1) is 7.76. The summed E-state index contributed by atoms with van der Waals surface area (Å²) in [6.45, 7) is 0. The lowest BCUT2D eigenvalue weighted by Crippen LogP contribution is -2.18. The van der Waals surface area contributed by atoms with Gasteiger partial charge in [-0.05, 0) is 36.6 Å². The molecule has 0 amide bonds. The first-order valence-corrected chi connectivity index (χ1v) is 7.76. The van der Waals surface area contributed by atoms with Gasteiger partial charge < -0.3 is 8.85 Å². The van der Waals surface area contributed by atoms with Crippen LogP contribution in [0.3, 0.4) is 0 Å². The van der Waals surface area contributed by atoms with Crippen LogP contribution < -0.4 is 0 Å². The van der Waals surface area contributed by atoms with Crippen LogP contribution in [0.2, 0.25) is 6.04 Å². The molecule has 0 saturated carbocycles. The number of hydrogen-bond acceptors (Lipinski definition) is 2. The highest BCUT2D eigenvalue weighted by molar-refractivity contribution is 9.10. The molecule has 0 aromatic heterocycles. The van der Waals surface area contributed by atoms with Crippen molar-refractivity contribution < 1.29 is 8.85 Å². The van der Waals surface area contributed by atoms with Gasteiger partial charge in [-0.15, -0.1) is 0 Å². The first kappa shape index (κ1) is 13.9. The van der Waals surface area contributed by atoms with Gasteiger partial charge in [-0.2, -0.15) is 0 Å². The molecule has 1 radical (unpaired) electrons. The topological polar surface area (TPSA) is 18.5 Å². The van der Waals surface area contributed by atoms with E-state index in [0.717, 1.165) is 16.9 Å². The van der Waals surface area contributed by atoms with Crippen molar-refractivity contribution in [3.63, 3.8) is 0 Å². The van der Waals surface area contributed by atoms with Crippen molar-refractivity contribution in [2.45, 2.75) is 25.3 Å². The maximum atomic E-state index is 5.24. The fourth-order valence-electron chi connectivity index (χ4n) is 1.58. The quantitative estimate of drug-likeness (QED) is 0.566. The average Bonchev–Trinajstić information content (AvgIpc) is 2.29. The standard InChI is InChI=1S/C12H18BrO2Si/c1-14-16(15-2)9-4-3-6-11-7-5-8-12(13)10-11/h5,7-8,10H,3-4,6,9H2,1-2H3. The summed E-state index contributed by atoms with van der Waals surface area (Å²) < 4.78 is 11.6. The van der Waals surface area contributed by atoms with Gasteiger partial charge in [-0.25, -0.2) is 0 Å². The second kappa shape index (κ2) is 8.01. The Morgan fingerprint density at radius 1 is 1.19 bits per heavy atom. The van der Waals surface area contributed by atoms with E-state index in [0.29, 0.717) is 0 Å². The summed E-state index contributed by atoms with van der Waals surface area (Å²) in [6, 6.07) is 9.55. The molecule has 0 bridgehead atoms. The molecule has 1 aromatic carbocycles. The highest BCUT2D eigenvalue weighted by Gasteiger charge is 2.10. The van der Waals surface area contributed by atoms with Gasteiger partial charge in [0.1, 0.15) is 0 Å². The molecule has 0 aliphatic heterocycles. The third kappa shape index (κ3) is 5.25. The van der Waals surface area contributed by atoms with Crippen molar-refractivity contribution in [3.05, 3.63) is 34.3 Å². The molecule has 0 atom stereocenters. The third-order valence-corrected chi connectivity index (χ3v) is 4.61. The molecule has 0 spiro atoms. The van der Waals surface area contributed by atoms with Gasteiger partial charge in [0.2, 0.25) is 0 Å². The van der Waals surface area contributed by atoms with E-state index >= 15 is 0 Å². The van der Waals surface area contributed by atoms with Crippen LogP contribution in [0.25, 0.3) is 0 Å². The lowest BCUT2D eigenvalue weighted by Gasteiger charge is -2.08. The maximum absolute atomic E-state index is 5.24. The third-order valence-electron chi connectivity index (χ3n) is 2.44. The summed E-state index contributed by atoms with van der Waals surface area (Å²) in [5, 5.41) is 0. The molecule has 0 N–H and O–H groups in total. The lowest BCUT2D eigenvalue weighted by atomic mass is 10.1. The van der Waals surface area contributed by atoms with E-state index in [1.807, 2.05) is 0 Å². The van der Waals surface area contributed by atoms with Crippen LogP contribution in [-0.2, 0) is 15.3 Å². The summed E-state index contributed by atoms with van der Waals surface area (Å²) in [7, 11) is 2.46. The number of unbranched alkanes of at least 4 members (excludes halogenated alkanes) is 1. The molecule has 0 unspecified atom stereocenters. The van der Waals surface area contributed by atoms with Gasteiger partial charge in [0, 0.05) is 18.7 Å². The fourth-order valence-corrected chi connectivity index (χ4v) is 3.14. The molecular formula is C12H18BrO2Si. The number of hydrogen-bond donors (Lipinski definition) is 0. The summed E-state index contributed by atoms with van der Waals surface area (Å²) in [5.74, 6) is 0. The minimum atomic E-state index is -0.994. The molecule has 0 aliphatic rings. The van der Waals surface area contributed by atoms with Crippen molar-refractivity contribution >= 4 is 25.2 Å². The van der Waals surface area contributed by atoms with E-state index in [9.17, 15) is 0 Å². The Morgan fingerprint density at radius 3 is 2.56 bits per heavy atom. The van der Waals surface area contributed by atoms with Gasteiger partial charge >= 0.3 is 9.28 Å². The first-order valence-electron chi connectivity index (χ1n) is 5.44. The SMILES string of the molecule is CO[Si](CCCCc1cccc(Br)c1)OC. The zero-order valence-electron chi connectivity index (χ0n) is 9.83. The Hall–Kier alpha value is -0.163. The number of benzene rings is 1. The monoisotopic (exact) mass is 301 g/mol. The molecule has 16 heavy (non-hydrogen) atoms. The Balaban J connectivity index is 2.20. The second-order valence-corrected chi connectivity index (χ2v) is 6.59. The van der Waals surface area contributed by atoms with Crippen LogP contribution in [0.5, 0.6) is 0 Å². The van der Waals surface area contributed by atoms with Crippen LogP contribution in [0.1, 0.15) is 18.4 Å². The van der Waals surface area contributed by atoms with Gasteiger partial charge in [-0.1, -0.05) is 34.5 Å². The Morgan fingerprint density at radius 2 is 1.94 bits per heavy atom. The Kier molecular flexibility index (Phi) is 6.95. The lowest BCUT2D eigenvalue weighted by molar-refractivity contribution is 0.276. The highest BCUT2D eigenvalue weighted by Crippen LogP contribution is 2.14. The smallest absolute Gasteiger partial charge is 0.384 e. The molecule has 89 valence electrons. The molecule has 2 nitrogen and oxygen atoms in total. The van der Waals surface area contributed by atoms with Crippen LogP contribution in [0.4, 0.5) is 0 Å². The van der Waals surface area contributed by atoms with Crippen LogP contribution in [-0.4, -0.2) is 23.5 Å². The number of aryl methyl sites for hydroxylation is 1. The molecule has 1 rings (SSSR count). The molecule has 0 fully saturated rings. The Bertz CT molecular complexity index is 303. The van der Waals surface area contributed by atoms with Crippen molar-refractivity contribution in [3.8, 4) is 0 Å². The minimum Gasteiger partial charge on any atom is -0.397 e. The largest absolute Gasteiger partial charge is 0.397 e. The normalized spacial score (nSPS) is 11.0. The van der Waals surface area contributed by atoms with Crippen LogP contribution in [0, 0.1) is 0 Å². The van der Waals surface area contributed by atoms with Crippen molar-refractivity contribution in [2.24, 2.45) is 0 Å². The zero-order valence-corrected chi connectivity index (χ0v) is 12.4. The zero-order chi connectivity index (χ0) is 11.8. The van der Waals surface area contributed by atoms with E-state index in [2.05, 4.69) is 40.2 Å². The molecule has 0 heterocycles. The van der Waals surface area contributed by atoms with E-state index in [-0.39, 0.29) is 0 Å². The summed E-state index contributed by atoms with van der Waals surface area (Å²) in [6.07, 6.45) is 3.49. The predicted octanol–water partition coefficient (Wildman–Crippen LogP) is 3.55. The summed E-state index contributed by atoms with van der Waals surface area (Å²) in [5.41, 5.74) is 1.39. The molecule has 0 saturated heterocycles. The van der Waals surface area contributed by atoms with E-state index in [1.54, 1.807) is 14.2 Å². The van der Waals surface area contributed by atoms with Gasteiger partial charge in [-0.3, -0.25) is 0 Å². The average molecular weight is 302 g/mol. The highest BCUT2D eigenvalue weighted by atomic mass is 79.9. The van der Waals surface area contributed by atoms with E-state index in [1.165, 1.54) is 18.4 Å². The minimum absolute atomic E-state index is 0.994. The number of halogens is 1. The van der Waals surface area contributed by atoms with Gasteiger partial charge in [0.15, 0.2) is 0 Å². The fraction of sp³-hybridized carbons (Fsp3) is 0.500. The molecule has 1 aromatic rings. The molecule has 4 heteroatoms. The molecule has 0 aliphatic carbocycles. The number of rotatable bonds is 7. The van der Waals surface area contributed by atoms with Gasteiger partial charge in [0.25, 0.3) is 0 Å². The maximum Gasteiger partial charge on any atom is 0.384 e. The predicted molar refractivity (Wildman–Crippen MR) is 71.7 cm³/mol. The van der Waals surface area contributed by atoms with Crippen molar-refractivity contribution in [1.29, 1.82) is 0 Å². The van der Waals surface area contributed by atoms with Gasteiger partial charge in [0.05, 0.1) is 0 Å². The van der Waals surface area contributed by atoms with Crippen LogP contribution >= 0.6 is 15.9 Å². The van der Waals surface area contributed by atoms with E-state index < -0.39 is 9.28 Å². The van der Waals surface area contributed by atoms with E-state index in [4.69, 9.17) is 8.85 Å². The Labute approximate surface area is 108 Å². The van der Waals surface area contributed by atoms with Crippen molar-refractivity contribution in [2.75, 3.05) is 14.2 Å². The summed E-state index contributed by atoms with van der Waals surface area (Å²) in [4.78, 5) is 0. The second-order valence-electron chi connectivity index (χ2n) is 3.62. The summed E-state index contributed by atoms with van der Waals surface area (Å²) >= 11 is 3.48. The van der Waals surface area contributed by atoms with Crippen molar-refractivity contribution in [1.82, 2.24) is 0 Å². The van der Waals surface area contributed by atoms with Crippen LogP contribution in [0.15, 0.2) is 28.7 Å². The molecular weight excluding hydrogens is 284 g/mol.